The molecule has 0 atom stereocenters. The third-order valence-electron chi connectivity index (χ3n) is 3.44. The number of Topliss-reactive ketones (excluding diaryl/α,β-unsaturated/α-hetero) is 1. The van der Waals surface area contributed by atoms with Crippen molar-refractivity contribution in [1.82, 2.24) is 10.3 Å². The molecule has 0 fully saturated rings. The molecule has 1 rings (SSSR count). The molecule has 1 aromatic rings. The van der Waals surface area contributed by atoms with Crippen LogP contribution in [0, 0.1) is 19.3 Å². The number of hydrogen-bond acceptors (Lipinski definition) is 2. The quantitative estimate of drug-likeness (QED) is 0.830. The predicted molar refractivity (Wildman–Crippen MR) is 85.9 cm³/mol. The lowest BCUT2D eigenvalue weighted by Gasteiger charge is -2.33. The summed E-state index contributed by atoms with van der Waals surface area (Å²) in [5.41, 5.74) is 2.40. The van der Waals surface area contributed by atoms with Gasteiger partial charge in [0.15, 0.2) is 5.78 Å². The zero-order valence-electron chi connectivity index (χ0n) is 14.5. The number of rotatable bonds is 4. The van der Waals surface area contributed by atoms with Gasteiger partial charge < -0.3 is 10.3 Å². The Morgan fingerprint density at radius 3 is 2.00 bits per heavy atom. The van der Waals surface area contributed by atoms with Crippen LogP contribution >= 0.6 is 0 Å². The second-order valence-electron chi connectivity index (χ2n) is 7.76. The van der Waals surface area contributed by atoms with Gasteiger partial charge in [0.2, 0.25) is 0 Å². The minimum Gasteiger partial charge on any atom is -0.354 e. The van der Waals surface area contributed by atoms with Crippen LogP contribution in [0.15, 0.2) is 0 Å². The van der Waals surface area contributed by atoms with Gasteiger partial charge in [0.05, 0.1) is 0 Å². The topological polar surface area (TPSA) is 62.0 Å². The second-order valence-corrected chi connectivity index (χ2v) is 7.76. The van der Waals surface area contributed by atoms with Crippen molar-refractivity contribution in [2.75, 3.05) is 0 Å². The summed E-state index contributed by atoms with van der Waals surface area (Å²) >= 11 is 0. The van der Waals surface area contributed by atoms with Crippen molar-refractivity contribution >= 4 is 11.7 Å². The van der Waals surface area contributed by atoms with Gasteiger partial charge >= 0.3 is 0 Å². The summed E-state index contributed by atoms with van der Waals surface area (Å²) in [5, 5.41) is 3.07. The lowest BCUT2D eigenvalue weighted by molar-refractivity contribution is 0.0886. The maximum absolute atomic E-state index is 12.5. The number of nitrogens with one attached hydrogen (secondary N) is 2. The number of aromatic nitrogens is 1. The zero-order chi connectivity index (χ0) is 16.6. The fourth-order valence-corrected chi connectivity index (χ4v) is 3.25. The molecule has 2 N–H and O–H groups in total. The van der Waals surface area contributed by atoms with Crippen molar-refractivity contribution in [2.24, 2.45) is 5.41 Å². The van der Waals surface area contributed by atoms with Gasteiger partial charge in [-0.1, -0.05) is 20.8 Å². The summed E-state index contributed by atoms with van der Waals surface area (Å²) in [6.45, 7) is 15.7. The van der Waals surface area contributed by atoms with E-state index in [4.69, 9.17) is 0 Å². The van der Waals surface area contributed by atoms with E-state index in [0.29, 0.717) is 11.3 Å². The molecule has 0 bridgehead atoms. The number of aromatic amines is 1. The molecule has 0 radical (unpaired) electrons. The number of carbonyl (C=O) groups excluding carboxylic acids is 2. The fourth-order valence-electron chi connectivity index (χ4n) is 3.25. The Morgan fingerprint density at radius 2 is 1.62 bits per heavy atom. The van der Waals surface area contributed by atoms with E-state index in [-0.39, 0.29) is 22.6 Å². The maximum Gasteiger partial charge on any atom is 0.268 e. The average molecular weight is 292 g/mol. The summed E-state index contributed by atoms with van der Waals surface area (Å²) in [7, 11) is 0. The number of H-pyrrole nitrogens is 1. The van der Waals surface area contributed by atoms with E-state index in [1.54, 1.807) is 0 Å². The van der Waals surface area contributed by atoms with Crippen LogP contribution in [0.5, 0.6) is 0 Å². The van der Waals surface area contributed by atoms with E-state index in [1.165, 1.54) is 6.92 Å². The van der Waals surface area contributed by atoms with Crippen molar-refractivity contribution in [3.8, 4) is 0 Å². The third kappa shape index (κ3) is 4.45. The molecule has 21 heavy (non-hydrogen) atoms. The molecule has 0 aliphatic rings. The van der Waals surface area contributed by atoms with Crippen LogP contribution in [-0.2, 0) is 0 Å². The molecule has 4 heteroatoms. The summed E-state index contributed by atoms with van der Waals surface area (Å²) in [6.07, 6.45) is 0.865. The lowest BCUT2D eigenvalue weighted by Crippen LogP contribution is -2.46. The normalized spacial score (nSPS) is 12.4. The molecule has 0 aliphatic heterocycles. The van der Waals surface area contributed by atoms with Gasteiger partial charge in [-0.3, -0.25) is 9.59 Å². The Morgan fingerprint density at radius 1 is 1.10 bits per heavy atom. The Labute approximate surface area is 127 Å². The minimum absolute atomic E-state index is 0.0192. The van der Waals surface area contributed by atoms with E-state index in [1.807, 2.05) is 27.7 Å². The highest BCUT2D eigenvalue weighted by Crippen LogP contribution is 2.27. The first-order valence-electron chi connectivity index (χ1n) is 7.37. The standard InChI is InChI=1S/C17H28N2O2/c1-10-13(12(3)20)11(2)18-14(10)15(21)19-17(7,8)9-16(4,5)6/h18H,9H2,1-8H3,(H,19,21). The molecule has 0 saturated heterocycles. The van der Waals surface area contributed by atoms with Crippen molar-refractivity contribution < 1.29 is 9.59 Å². The molecule has 1 heterocycles. The maximum atomic E-state index is 12.5. The Balaban J connectivity index is 3.01. The molecule has 0 saturated carbocycles. The molecule has 0 aliphatic carbocycles. The van der Waals surface area contributed by atoms with Crippen molar-refractivity contribution in [1.29, 1.82) is 0 Å². The van der Waals surface area contributed by atoms with Gasteiger partial charge in [0.1, 0.15) is 5.69 Å². The van der Waals surface area contributed by atoms with Crippen LogP contribution in [-0.4, -0.2) is 22.2 Å². The molecule has 1 amide bonds. The minimum atomic E-state index is -0.308. The highest BCUT2D eigenvalue weighted by Gasteiger charge is 2.29. The van der Waals surface area contributed by atoms with Crippen LogP contribution in [0.25, 0.3) is 0 Å². The summed E-state index contributed by atoms with van der Waals surface area (Å²) in [4.78, 5) is 27.2. The third-order valence-corrected chi connectivity index (χ3v) is 3.44. The first-order valence-corrected chi connectivity index (χ1v) is 7.37. The monoisotopic (exact) mass is 292 g/mol. The van der Waals surface area contributed by atoms with Crippen LogP contribution in [0.2, 0.25) is 0 Å². The van der Waals surface area contributed by atoms with E-state index in [9.17, 15) is 9.59 Å². The molecule has 118 valence electrons. The molecule has 0 spiro atoms. The second kappa shape index (κ2) is 5.66. The van der Waals surface area contributed by atoms with Crippen LogP contribution in [0.4, 0.5) is 0 Å². The van der Waals surface area contributed by atoms with Gasteiger partial charge in [0.25, 0.3) is 5.91 Å². The van der Waals surface area contributed by atoms with E-state index in [2.05, 4.69) is 31.1 Å². The fraction of sp³-hybridized carbons (Fsp3) is 0.647. The van der Waals surface area contributed by atoms with Crippen LogP contribution in [0.1, 0.15) is 80.1 Å². The zero-order valence-corrected chi connectivity index (χ0v) is 14.5. The Kier molecular flexibility index (Phi) is 4.71. The summed E-state index contributed by atoms with van der Waals surface area (Å²) in [6, 6.07) is 0. The summed E-state index contributed by atoms with van der Waals surface area (Å²) < 4.78 is 0. The highest BCUT2D eigenvalue weighted by molar-refractivity contribution is 6.02. The number of ketones is 1. The van der Waals surface area contributed by atoms with Gasteiger partial charge in [-0.15, -0.1) is 0 Å². The molecular weight excluding hydrogens is 264 g/mol. The largest absolute Gasteiger partial charge is 0.354 e. The first kappa shape index (κ1) is 17.5. The van der Waals surface area contributed by atoms with Crippen LogP contribution < -0.4 is 5.32 Å². The molecule has 0 aromatic carbocycles. The predicted octanol–water partition coefficient (Wildman–Crippen LogP) is 3.78. The first-order chi connectivity index (χ1) is 9.34. The van der Waals surface area contributed by atoms with Gasteiger partial charge in [-0.05, 0) is 52.0 Å². The van der Waals surface area contributed by atoms with Gasteiger partial charge in [-0.2, -0.15) is 0 Å². The van der Waals surface area contributed by atoms with Crippen molar-refractivity contribution in [3.05, 3.63) is 22.5 Å². The number of carbonyl (C=O) groups is 2. The molecule has 4 nitrogen and oxygen atoms in total. The van der Waals surface area contributed by atoms with Crippen molar-refractivity contribution in [3.63, 3.8) is 0 Å². The Hall–Kier alpha value is -1.58. The highest BCUT2D eigenvalue weighted by atomic mass is 16.2. The number of aryl methyl sites for hydroxylation is 1. The van der Waals surface area contributed by atoms with E-state index >= 15 is 0 Å². The lowest BCUT2D eigenvalue weighted by atomic mass is 9.81. The Bertz CT molecular complexity index is 560. The van der Waals surface area contributed by atoms with Crippen LogP contribution in [0.3, 0.4) is 0 Å². The van der Waals surface area contributed by atoms with E-state index < -0.39 is 0 Å². The smallest absolute Gasteiger partial charge is 0.268 e. The van der Waals surface area contributed by atoms with Gasteiger partial charge in [-0.25, -0.2) is 0 Å². The molecule has 0 unspecified atom stereocenters. The summed E-state index contributed by atoms with van der Waals surface area (Å²) in [5.74, 6) is -0.174. The molecular formula is C17H28N2O2. The van der Waals surface area contributed by atoms with Gasteiger partial charge in [0, 0.05) is 16.8 Å². The van der Waals surface area contributed by atoms with Crippen molar-refractivity contribution in [2.45, 2.75) is 67.3 Å². The average Bonchev–Trinajstić information content (AvgIpc) is 2.49. The van der Waals surface area contributed by atoms with E-state index in [0.717, 1.165) is 17.7 Å². The SMILES string of the molecule is CC(=O)c1c(C)[nH]c(C(=O)NC(C)(C)CC(C)(C)C)c1C. The number of amides is 1. The molecule has 1 aromatic heterocycles. The number of hydrogen-bond donors (Lipinski definition) is 2.